The second kappa shape index (κ2) is 10.1. The topological polar surface area (TPSA) is 101 Å². The number of anilines is 2. The summed E-state index contributed by atoms with van der Waals surface area (Å²) in [6.07, 6.45) is 0. The molecule has 2 heterocycles. The summed E-state index contributed by atoms with van der Waals surface area (Å²) in [4.78, 5) is 73.4. The predicted octanol–water partition coefficient (Wildman–Crippen LogP) is 5.38. The predicted molar refractivity (Wildman–Crippen MR) is 174 cm³/mol. The van der Waals surface area contributed by atoms with Gasteiger partial charge >= 0.3 is 5.97 Å². The van der Waals surface area contributed by atoms with Gasteiger partial charge in [0.1, 0.15) is 5.75 Å². The first-order valence-corrected chi connectivity index (χ1v) is 16.0. The van der Waals surface area contributed by atoms with Crippen molar-refractivity contribution in [3.05, 3.63) is 97.1 Å². The van der Waals surface area contributed by atoms with Crippen molar-refractivity contribution in [3.8, 4) is 5.75 Å². The minimum atomic E-state index is -1.48. The fourth-order valence-electron chi connectivity index (χ4n) is 7.94. The van der Waals surface area contributed by atoms with Crippen molar-refractivity contribution < 1.29 is 28.7 Å². The van der Waals surface area contributed by atoms with E-state index in [1.165, 1.54) is 9.80 Å². The van der Waals surface area contributed by atoms with Crippen LogP contribution in [0.2, 0.25) is 0 Å². The Kier molecular flexibility index (Phi) is 6.65. The summed E-state index contributed by atoms with van der Waals surface area (Å²) in [6.45, 7) is 3.42. The molecule has 3 fully saturated rings. The van der Waals surface area contributed by atoms with Gasteiger partial charge in [-0.1, -0.05) is 30.7 Å². The minimum Gasteiger partial charge on any atom is -0.423 e. The Morgan fingerprint density at radius 2 is 1.12 bits per heavy atom. The molecule has 3 aliphatic carbocycles. The van der Waals surface area contributed by atoms with Crippen LogP contribution >= 0.6 is 45.2 Å². The molecule has 2 bridgehead atoms. The Morgan fingerprint density at radius 3 is 1.56 bits per heavy atom. The second-order valence-electron chi connectivity index (χ2n) is 11.6. The van der Waals surface area contributed by atoms with Crippen molar-refractivity contribution in [2.24, 2.45) is 35.0 Å². The van der Waals surface area contributed by atoms with Gasteiger partial charge in [-0.25, -0.2) is 4.79 Å². The zero-order valence-electron chi connectivity index (χ0n) is 23.0. The number of carbonyl (C=O) groups is 5. The van der Waals surface area contributed by atoms with Crippen molar-refractivity contribution in [2.45, 2.75) is 13.8 Å². The second-order valence-corrected chi connectivity index (χ2v) is 14.0. The summed E-state index contributed by atoms with van der Waals surface area (Å²) in [6, 6.07) is 22.6. The molecule has 0 radical (unpaired) electrons. The number of ether oxygens (including phenoxy) is 1. The van der Waals surface area contributed by atoms with Crippen molar-refractivity contribution in [3.63, 3.8) is 0 Å². The molecule has 216 valence electrons. The van der Waals surface area contributed by atoms with Crippen LogP contribution in [0, 0.1) is 42.1 Å². The van der Waals surface area contributed by atoms with Crippen molar-refractivity contribution >= 4 is 86.2 Å². The number of para-hydroxylation sites is 1. The first-order chi connectivity index (χ1) is 20.6. The number of rotatable bonds is 4. The molecule has 3 aromatic rings. The Balaban J connectivity index is 1.40. The van der Waals surface area contributed by atoms with Crippen LogP contribution in [0.4, 0.5) is 11.4 Å². The molecule has 2 saturated heterocycles. The summed E-state index contributed by atoms with van der Waals surface area (Å²) in [5.74, 6) is -6.86. The van der Waals surface area contributed by atoms with Gasteiger partial charge in [0.05, 0.1) is 35.0 Å². The zero-order valence-corrected chi connectivity index (χ0v) is 27.3. The van der Waals surface area contributed by atoms with Crippen molar-refractivity contribution in [1.29, 1.82) is 0 Å². The summed E-state index contributed by atoms with van der Waals surface area (Å²) < 4.78 is 7.67. The molecule has 0 N–H and O–H groups in total. The molecular weight excluding hydrogens is 774 g/mol. The molecule has 0 aromatic heterocycles. The monoisotopic (exact) mass is 798 g/mol. The maximum Gasteiger partial charge on any atom is 0.339 e. The third-order valence-corrected chi connectivity index (χ3v) is 11.0. The fraction of sp³-hybridized carbons (Fsp3) is 0.242. The number of amides is 4. The lowest BCUT2D eigenvalue weighted by Crippen LogP contribution is -2.61. The minimum absolute atomic E-state index is 0.195. The molecule has 8 nitrogen and oxygen atoms in total. The van der Waals surface area contributed by atoms with E-state index < -0.39 is 64.6 Å². The molecule has 43 heavy (non-hydrogen) atoms. The number of allylic oxidation sites excluding steroid dienone is 1. The lowest BCUT2D eigenvalue weighted by atomic mass is 9.43. The maximum absolute atomic E-state index is 14.3. The van der Waals surface area contributed by atoms with E-state index in [4.69, 9.17) is 4.74 Å². The van der Waals surface area contributed by atoms with Crippen LogP contribution in [0.1, 0.15) is 13.8 Å². The molecule has 4 unspecified atom stereocenters. The normalized spacial score (nSPS) is 29.3. The molecule has 3 aromatic carbocycles. The quantitative estimate of drug-likeness (QED) is 0.152. The van der Waals surface area contributed by atoms with E-state index >= 15 is 0 Å². The van der Waals surface area contributed by atoms with Crippen molar-refractivity contribution in [1.82, 2.24) is 0 Å². The van der Waals surface area contributed by atoms with Crippen LogP contribution in [0.15, 0.2) is 90.0 Å². The van der Waals surface area contributed by atoms with Crippen LogP contribution in [0.25, 0.3) is 0 Å². The van der Waals surface area contributed by atoms with Gasteiger partial charge in [0.25, 0.3) is 0 Å². The maximum atomic E-state index is 14.3. The van der Waals surface area contributed by atoms with Gasteiger partial charge in [-0.15, -0.1) is 0 Å². The van der Waals surface area contributed by atoms with E-state index in [1.54, 1.807) is 68.4 Å². The van der Waals surface area contributed by atoms with Crippen LogP contribution in [0.5, 0.6) is 5.75 Å². The van der Waals surface area contributed by atoms with E-state index in [0.29, 0.717) is 22.7 Å². The smallest absolute Gasteiger partial charge is 0.339 e. The molecule has 1 saturated carbocycles. The first kappa shape index (κ1) is 28.4. The third-order valence-electron chi connectivity index (χ3n) is 9.53. The Labute approximate surface area is 274 Å². The van der Waals surface area contributed by atoms with Crippen LogP contribution in [0.3, 0.4) is 0 Å². The molecular formula is C33H24I2N2O6. The van der Waals surface area contributed by atoms with Gasteiger partial charge in [0.15, 0.2) is 0 Å². The number of benzene rings is 3. The van der Waals surface area contributed by atoms with E-state index in [1.807, 2.05) is 24.3 Å². The van der Waals surface area contributed by atoms with Gasteiger partial charge in [-0.2, -0.15) is 0 Å². The van der Waals surface area contributed by atoms with Crippen LogP contribution in [-0.4, -0.2) is 29.6 Å². The number of nitrogens with zero attached hydrogens (tertiary/aromatic N) is 2. The summed E-state index contributed by atoms with van der Waals surface area (Å²) in [5.41, 5.74) is 0.0711. The lowest BCUT2D eigenvalue weighted by Gasteiger charge is -2.55. The number of hydrogen-bond donors (Lipinski definition) is 0. The molecule has 4 atom stereocenters. The first-order valence-electron chi connectivity index (χ1n) is 13.8. The lowest BCUT2D eigenvalue weighted by molar-refractivity contribution is -0.152. The molecule has 4 amide bonds. The molecule has 2 aliphatic heterocycles. The third kappa shape index (κ3) is 3.94. The summed E-state index contributed by atoms with van der Waals surface area (Å²) in [5, 5.41) is 0. The standard InChI is InChI=1S/C33H24I2N2O6/c1-16-22-23-26(30(40)36(28(23)38)19-12-8-17(34)9-13-19)33(2,25(16)32(42)43-21-6-4-3-5-7-21)27-24(22)29(39)37(31(27)41)20-14-10-18(35)11-15-20/h3-15,22-24,26-27H,1-2H3. The average Bonchev–Trinajstić information content (AvgIpc) is 3.41. The van der Waals surface area contributed by atoms with Gasteiger partial charge in [0, 0.05) is 24.0 Å². The Bertz CT molecular complexity index is 1680. The Hall–Kier alpha value is -3.39. The Morgan fingerprint density at radius 1 is 0.674 bits per heavy atom. The van der Waals surface area contributed by atoms with Gasteiger partial charge in [-0.3, -0.25) is 29.0 Å². The average molecular weight is 798 g/mol. The number of esters is 1. The number of carbonyl (C=O) groups excluding carboxylic acids is 5. The number of halogens is 2. The van der Waals surface area contributed by atoms with E-state index in [0.717, 1.165) is 7.14 Å². The zero-order chi connectivity index (χ0) is 30.4. The van der Waals surface area contributed by atoms with E-state index in [9.17, 15) is 24.0 Å². The van der Waals surface area contributed by atoms with Gasteiger partial charge < -0.3 is 4.74 Å². The van der Waals surface area contributed by atoms with Gasteiger partial charge in [-0.05, 0) is 113 Å². The molecule has 8 rings (SSSR count). The highest BCUT2D eigenvalue weighted by molar-refractivity contribution is 14.1. The highest BCUT2D eigenvalue weighted by Crippen LogP contribution is 2.68. The van der Waals surface area contributed by atoms with Crippen LogP contribution in [-0.2, 0) is 24.0 Å². The highest BCUT2D eigenvalue weighted by atomic mass is 127. The van der Waals surface area contributed by atoms with Crippen LogP contribution < -0.4 is 14.5 Å². The van der Waals surface area contributed by atoms with E-state index in [2.05, 4.69) is 45.2 Å². The summed E-state index contributed by atoms with van der Waals surface area (Å²) in [7, 11) is 0. The number of hydrogen-bond acceptors (Lipinski definition) is 6. The SMILES string of the molecule is CC1=C(C(=O)Oc2ccccc2)C2(C)C3C(=O)N(c4ccc(I)cc4)C(=O)C3C1C1C(=O)N(c3ccc(I)cc3)C(=O)C12. The van der Waals surface area contributed by atoms with Gasteiger partial charge in [0.2, 0.25) is 23.6 Å². The largest absolute Gasteiger partial charge is 0.423 e. The number of imide groups is 2. The fourth-order valence-corrected chi connectivity index (χ4v) is 8.66. The molecule has 10 heteroatoms. The molecule has 5 aliphatic rings. The highest BCUT2D eigenvalue weighted by Gasteiger charge is 2.77. The van der Waals surface area contributed by atoms with E-state index in [-0.39, 0.29) is 5.57 Å². The molecule has 0 spiro atoms. The summed E-state index contributed by atoms with van der Waals surface area (Å²) >= 11 is 4.30. The van der Waals surface area contributed by atoms with Crippen molar-refractivity contribution in [2.75, 3.05) is 9.80 Å².